The largest absolute Gasteiger partial charge is 0.353 e. The van der Waals surface area contributed by atoms with Crippen LogP contribution < -0.4 is 10.2 Å². The van der Waals surface area contributed by atoms with Gasteiger partial charge in [0.2, 0.25) is 5.91 Å². The van der Waals surface area contributed by atoms with Gasteiger partial charge in [0.25, 0.3) is 0 Å². The minimum atomic E-state index is -0.227. The Hall–Kier alpha value is -2.44. The van der Waals surface area contributed by atoms with E-state index in [-0.39, 0.29) is 11.8 Å². The summed E-state index contributed by atoms with van der Waals surface area (Å²) >= 11 is 6.07. The molecule has 1 aliphatic carbocycles. The molecule has 0 radical (unpaired) electrons. The standard InChI is InChI=1S/C25H32ClN5O/c1-4-18-7-10-22-23(18)24(29-16-28-22)30-11-13-31(14-12-30)25(32)21(15-27-17(2)3)19-5-8-20(26)9-6-19/h4-6,8-9,16-18,21,27H,1,7,10-15H2,2-3H3/t18-,21+/m0/s1. The minimum absolute atomic E-state index is 0.164. The molecule has 4 rings (SSSR count). The highest BCUT2D eigenvalue weighted by Crippen LogP contribution is 2.38. The van der Waals surface area contributed by atoms with Crippen molar-refractivity contribution in [3.05, 3.63) is 65.1 Å². The topological polar surface area (TPSA) is 61.4 Å². The van der Waals surface area contributed by atoms with Crippen molar-refractivity contribution in [1.29, 1.82) is 0 Å². The number of aryl methyl sites for hydroxylation is 1. The molecule has 0 saturated carbocycles. The van der Waals surface area contributed by atoms with Crippen molar-refractivity contribution in [3.8, 4) is 0 Å². The van der Waals surface area contributed by atoms with Gasteiger partial charge in [-0.15, -0.1) is 6.58 Å². The molecule has 1 aromatic carbocycles. The van der Waals surface area contributed by atoms with Gasteiger partial charge in [-0.3, -0.25) is 4.79 Å². The van der Waals surface area contributed by atoms with Crippen LogP contribution >= 0.6 is 11.6 Å². The molecule has 0 spiro atoms. The molecular weight excluding hydrogens is 422 g/mol. The maximum atomic E-state index is 13.5. The lowest BCUT2D eigenvalue weighted by atomic mass is 9.96. The molecule has 0 bridgehead atoms. The highest BCUT2D eigenvalue weighted by molar-refractivity contribution is 6.30. The van der Waals surface area contributed by atoms with Crippen LogP contribution in [0.5, 0.6) is 0 Å². The van der Waals surface area contributed by atoms with Crippen LogP contribution in [0.15, 0.2) is 43.2 Å². The lowest BCUT2D eigenvalue weighted by molar-refractivity contribution is -0.133. The van der Waals surface area contributed by atoms with Gasteiger partial charge >= 0.3 is 0 Å². The highest BCUT2D eigenvalue weighted by Gasteiger charge is 2.32. The molecule has 1 aliphatic heterocycles. The summed E-state index contributed by atoms with van der Waals surface area (Å²) in [5.41, 5.74) is 3.36. The first-order valence-electron chi connectivity index (χ1n) is 11.5. The number of rotatable bonds is 7. The molecule has 0 unspecified atom stereocenters. The van der Waals surface area contributed by atoms with Crippen LogP contribution in [0.1, 0.15) is 48.9 Å². The zero-order chi connectivity index (χ0) is 22.7. The van der Waals surface area contributed by atoms with Gasteiger partial charge in [-0.1, -0.05) is 43.7 Å². The Morgan fingerprint density at radius 1 is 1.22 bits per heavy atom. The fourth-order valence-corrected chi connectivity index (χ4v) is 4.81. The molecule has 170 valence electrons. The first kappa shape index (κ1) is 22.7. The van der Waals surface area contributed by atoms with E-state index in [0.29, 0.717) is 36.6 Å². The molecular formula is C25H32ClN5O. The molecule has 2 heterocycles. The Morgan fingerprint density at radius 2 is 1.94 bits per heavy atom. The Labute approximate surface area is 195 Å². The van der Waals surface area contributed by atoms with E-state index in [1.54, 1.807) is 6.33 Å². The summed E-state index contributed by atoms with van der Waals surface area (Å²) in [4.78, 5) is 26.9. The van der Waals surface area contributed by atoms with Gasteiger partial charge in [0, 0.05) is 61.0 Å². The van der Waals surface area contributed by atoms with Crippen molar-refractivity contribution < 1.29 is 4.79 Å². The van der Waals surface area contributed by atoms with E-state index >= 15 is 0 Å². The second kappa shape index (κ2) is 10.0. The number of amides is 1. The number of allylic oxidation sites excluding steroid dienone is 1. The highest BCUT2D eigenvalue weighted by atomic mass is 35.5. The molecule has 1 aromatic heterocycles. The molecule has 7 heteroatoms. The van der Waals surface area contributed by atoms with E-state index in [2.05, 4.69) is 40.6 Å². The van der Waals surface area contributed by atoms with Gasteiger partial charge in [0.05, 0.1) is 5.92 Å². The molecule has 1 amide bonds. The van der Waals surface area contributed by atoms with Crippen LogP contribution in [0.4, 0.5) is 5.82 Å². The number of hydrogen-bond donors (Lipinski definition) is 1. The smallest absolute Gasteiger partial charge is 0.231 e. The number of halogens is 1. The van der Waals surface area contributed by atoms with Crippen molar-refractivity contribution in [2.45, 2.75) is 44.6 Å². The second-order valence-electron chi connectivity index (χ2n) is 8.92. The number of nitrogens with zero attached hydrogens (tertiary/aromatic N) is 4. The number of nitrogens with one attached hydrogen (secondary N) is 1. The number of fused-ring (bicyclic) bond motifs is 1. The molecule has 6 nitrogen and oxygen atoms in total. The SMILES string of the molecule is C=C[C@H]1CCc2ncnc(N3CCN(C(=O)[C@H](CNC(C)C)c4ccc(Cl)cc4)CC3)c21. The summed E-state index contributed by atoms with van der Waals surface area (Å²) in [6.45, 7) is 11.7. The maximum absolute atomic E-state index is 13.5. The zero-order valence-corrected chi connectivity index (χ0v) is 19.7. The molecule has 1 N–H and O–H groups in total. The van der Waals surface area contributed by atoms with Gasteiger partial charge in [0.15, 0.2) is 0 Å². The first-order valence-corrected chi connectivity index (χ1v) is 11.8. The van der Waals surface area contributed by atoms with Gasteiger partial charge in [-0.05, 0) is 30.5 Å². The summed E-state index contributed by atoms with van der Waals surface area (Å²) < 4.78 is 0. The third-order valence-electron chi connectivity index (χ3n) is 6.48. The maximum Gasteiger partial charge on any atom is 0.231 e. The second-order valence-corrected chi connectivity index (χ2v) is 9.35. The molecule has 1 fully saturated rings. The Morgan fingerprint density at radius 3 is 2.59 bits per heavy atom. The van der Waals surface area contributed by atoms with E-state index in [1.165, 1.54) is 5.56 Å². The summed E-state index contributed by atoms with van der Waals surface area (Å²) in [6, 6.07) is 7.95. The number of aromatic nitrogens is 2. The molecule has 2 aliphatic rings. The predicted molar refractivity (Wildman–Crippen MR) is 129 cm³/mol. The van der Waals surface area contributed by atoms with Gasteiger partial charge in [0.1, 0.15) is 12.1 Å². The van der Waals surface area contributed by atoms with Gasteiger partial charge in [-0.25, -0.2) is 9.97 Å². The van der Waals surface area contributed by atoms with Gasteiger partial charge < -0.3 is 15.1 Å². The Balaban J connectivity index is 1.47. The monoisotopic (exact) mass is 453 g/mol. The van der Waals surface area contributed by atoms with E-state index in [4.69, 9.17) is 11.6 Å². The Bertz CT molecular complexity index is 953. The van der Waals surface area contributed by atoms with Crippen LogP contribution in [0.3, 0.4) is 0 Å². The summed E-state index contributed by atoms with van der Waals surface area (Å²) in [6.07, 6.45) is 5.71. The molecule has 2 aromatic rings. The lowest BCUT2D eigenvalue weighted by Gasteiger charge is -2.38. The van der Waals surface area contributed by atoms with E-state index < -0.39 is 0 Å². The molecule has 2 atom stereocenters. The first-order chi connectivity index (χ1) is 15.5. The van der Waals surface area contributed by atoms with Crippen LogP contribution in [0, 0.1) is 0 Å². The van der Waals surface area contributed by atoms with Crippen LogP contribution in [-0.4, -0.2) is 59.5 Å². The average molecular weight is 454 g/mol. The fourth-order valence-electron chi connectivity index (χ4n) is 4.68. The van der Waals surface area contributed by atoms with E-state index in [1.807, 2.05) is 35.2 Å². The van der Waals surface area contributed by atoms with Crippen molar-refractivity contribution in [3.63, 3.8) is 0 Å². The van der Waals surface area contributed by atoms with Crippen molar-refractivity contribution in [2.24, 2.45) is 0 Å². The van der Waals surface area contributed by atoms with Crippen LogP contribution in [-0.2, 0) is 11.2 Å². The summed E-state index contributed by atoms with van der Waals surface area (Å²) in [7, 11) is 0. The number of hydrogen-bond acceptors (Lipinski definition) is 5. The number of benzene rings is 1. The number of anilines is 1. The summed E-state index contributed by atoms with van der Waals surface area (Å²) in [5.74, 6) is 1.27. The number of carbonyl (C=O) groups is 1. The van der Waals surface area contributed by atoms with E-state index in [0.717, 1.165) is 43.0 Å². The zero-order valence-electron chi connectivity index (χ0n) is 18.9. The van der Waals surface area contributed by atoms with Crippen LogP contribution in [0.25, 0.3) is 0 Å². The average Bonchev–Trinajstić information content (AvgIpc) is 3.23. The third kappa shape index (κ3) is 4.81. The number of piperazine rings is 1. The molecule has 1 saturated heterocycles. The minimum Gasteiger partial charge on any atom is -0.353 e. The van der Waals surface area contributed by atoms with Crippen molar-refractivity contribution in [1.82, 2.24) is 20.2 Å². The fraction of sp³-hybridized carbons (Fsp3) is 0.480. The number of carbonyl (C=O) groups excluding carboxylic acids is 1. The van der Waals surface area contributed by atoms with E-state index in [9.17, 15) is 4.79 Å². The quantitative estimate of drug-likeness (QED) is 0.646. The lowest BCUT2D eigenvalue weighted by Crippen LogP contribution is -2.51. The van der Waals surface area contributed by atoms with Crippen molar-refractivity contribution >= 4 is 23.3 Å². The van der Waals surface area contributed by atoms with Crippen molar-refractivity contribution in [2.75, 3.05) is 37.6 Å². The van der Waals surface area contributed by atoms with Crippen LogP contribution in [0.2, 0.25) is 5.02 Å². The van der Waals surface area contributed by atoms with Gasteiger partial charge in [-0.2, -0.15) is 0 Å². The Kier molecular flexibility index (Phi) is 7.11. The normalized spacial score (nSPS) is 19.2. The third-order valence-corrected chi connectivity index (χ3v) is 6.74. The predicted octanol–water partition coefficient (Wildman–Crippen LogP) is 3.78. The summed E-state index contributed by atoms with van der Waals surface area (Å²) in [5, 5.41) is 4.12. The molecule has 32 heavy (non-hydrogen) atoms.